The van der Waals surface area contributed by atoms with Gasteiger partial charge in [0.25, 0.3) is 0 Å². The summed E-state index contributed by atoms with van der Waals surface area (Å²) in [5, 5.41) is 8.59. The van der Waals surface area contributed by atoms with E-state index in [0.29, 0.717) is 0 Å². The van der Waals surface area contributed by atoms with E-state index in [9.17, 15) is 0 Å². The summed E-state index contributed by atoms with van der Waals surface area (Å²) >= 11 is 5.25. The average molecular weight is 402 g/mol. The van der Waals surface area contributed by atoms with Crippen molar-refractivity contribution in [3.05, 3.63) is 20.8 Å². The summed E-state index contributed by atoms with van der Waals surface area (Å²) in [5.41, 5.74) is 0. The van der Waals surface area contributed by atoms with Crippen molar-refractivity contribution in [2.75, 3.05) is 13.1 Å². The third kappa shape index (κ3) is 3.92. The molecule has 15 heavy (non-hydrogen) atoms. The van der Waals surface area contributed by atoms with Crippen molar-refractivity contribution in [1.29, 1.82) is 0 Å². The lowest BCUT2D eigenvalue weighted by Gasteiger charge is -2.15. The summed E-state index contributed by atoms with van der Waals surface area (Å²) in [4.78, 5) is 5.65. The average Bonchev–Trinajstić information content (AvgIpc) is 2.63. The number of hydrogen-bond donors (Lipinski definition) is 2. The largest absolute Gasteiger partial charge is 0.356 e. The van der Waals surface area contributed by atoms with Crippen LogP contribution in [-0.2, 0) is 6.54 Å². The highest BCUT2D eigenvalue weighted by atomic mass is 127. The Hall–Kier alpha value is 0.180. The normalized spacial score (nSPS) is 14.9. The predicted molar refractivity (Wildman–Crippen MR) is 79.2 cm³/mol. The maximum atomic E-state index is 4.34. The predicted octanol–water partition coefficient (Wildman–Crippen LogP) is 2.57. The minimum atomic E-state index is 0. The zero-order chi connectivity index (χ0) is 9.80. The van der Waals surface area contributed by atoms with Gasteiger partial charge >= 0.3 is 0 Å². The first-order chi connectivity index (χ1) is 6.86. The molecule has 1 aromatic heterocycles. The number of hydrogen-bond acceptors (Lipinski definition) is 4. The van der Waals surface area contributed by atoms with Gasteiger partial charge in [-0.3, -0.25) is 4.99 Å². The van der Waals surface area contributed by atoms with Gasteiger partial charge in [-0.1, -0.05) is 0 Å². The third-order valence-corrected chi connectivity index (χ3v) is 3.93. The van der Waals surface area contributed by atoms with Crippen LogP contribution in [0.5, 0.6) is 0 Å². The summed E-state index contributed by atoms with van der Waals surface area (Å²) in [7, 11) is 0. The van der Waals surface area contributed by atoms with Gasteiger partial charge in [0.2, 0.25) is 0 Å². The first-order valence-electron chi connectivity index (χ1n) is 4.60. The smallest absolute Gasteiger partial charge is 0.191 e. The van der Waals surface area contributed by atoms with Gasteiger partial charge in [-0.15, -0.1) is 35.3 Å². The van der Waals surface area contributed by atoms with E-state index in [4.69, 9.17) is 0 Å². The summed E-state index contributed by atoms with van der Waals surface area (Å²) in [5.74, 6) is 0.927. The highest BCUT2D eigenvalue weighted by molar-refractivity contribution is 14.0. The van der Waals surface area contributed by atoms with Crippen molar-refractivity contribution in [1.82, 2.24) is 10.6 Å². The first-order valence-corrected chi connectivity index (χ1v) is 6.27. The van der Waals surface area contributed by atoms with Crippen LogP contribution in [0.15, 0.2) is 20.9 Å². The number of aliphatic imine (C=N–C) groups is 1. The molecule has 1 aliphatic rings. The van der Waals surface area contributed by atoms with E-state index < -0.39 is 0 Å². The Balaban J connectivity index is 0.00000112. The second kappa shape index (κ2) is 6.70. The summed E-state index contributed by atoms with van der Waals surface area (Å²) in [6, 6.07) is 2.07. The number of rotatable bonds is 2. The molecule has 84 valence electrons. The van der Waals surface area contributed by atoms with Gasteiger partial charge in [0, 0.05) is 22.4 Å². The fraction of sp³-hybridized carbons (Fsp3) is 0.444. The fourth-order valence-electron chi connectivity index (χ4n) is 1.27. The van der Waals surface area contributed by atoms with Gasteiger partial charge < -0.3 is 10.6 Å². The topological polar surface area (TPSA) is 36.4 Å². The molecule has 0 radical (unpaired) electrons. The van der Waals surface area contributed by atoms with E-state index in [1.807, 2.05) is 0 Å². The van der Waals surface area contributed by atoms with Crippen molar-refractivity contribution >= 4 is 57.2 Å². The molecular weight excluding hydrogens is 389 g/mol. The van der Waals surface area contributed by atoms with E-state index >= 15 is 0 Å². The number of nitrogens with one attached hydrogen (secondary N) is 2. The molecule has 0 atom stereocenters. The quantitative estimate of drug-likeness (QED) is 0.747. The second-order valence-corrected chi connectivity index (χ2v) is 4.91. The Morgan fingerprint density at radius 1 is 1.60 bits per heavy atom. The van der Waals surface area contributed by atoms with E-state index in [-0.39, 0.29) is 24.0 Å². The lowest BCUT2D eigenvalue weighted by Crippen LogP contribution is -2.40. The van der Waals surface area contributed by atoms with Gasteiger partial charge in [0.15, 0.2) is 5.96 Å². The highest BCUT2D eigenvalue weighted by Crippen LogP contribution is 2.21. The van der Waals surface area contributed by atoms with Crippen LogP contribution in [0, 0.1) is 0 Å². The van der Waals surface area contributed by atoms with Crippen molar-refractivity contribution in [3.63, 3.8) is 0 Å². The molecule has 0 aromatic carbocycles. The fourth-order valence-corrected chi connectivity index (χ4v) is 2.70. The van der Waals surface area contributed by atoms with Crippen LogP contribution in [0.2, 0.25) is 0 Å². The molecule has 0 spiro atoms. The molecule has 0 amide bonds. The minimum Gasteiger partial charge on any atom is -0.356 e. The molecule has 0 fully saturated rings. The number of halogens is 2. The molecule has 0 saturated heterocycles. The molecule has 0 aliphatic carbocycles. The van der Waals surface area contributed by atoms with Crippen molar-refractivity contribution in [2.24, 2.45) is 4.99 Å². The molecule has 6 heteroatoms. The summed E-state index contributed by atoms with van der Waals surface area (Å²) < 4.78 is 1.17. The van der Waals surface area contributed by atoms with Gasteiger partial charge in [0.05, 0.1) is 6.54 Å². The molecule has 3 nitrogen and oxygen atoms in total. The van der Waals surface area contributed by atoms with Crippen LogP contribution < -0.4 is 10.6 Å². The third-order valence-electron chi connectivity index (χ3n) is 2.00. The zero-order valence-electron chi connectivity index (χ0n) is 8.12. The second-order valence-electron chi connectivity index (χ2n) is 3.06. The zero-order valence-corrected chi connectivity index (χ0v) is 12.9. The first kappa shape index (κ1) is 13.2. The van der Waals surface area contributed by atoms with E-state index in [1.54, 1.807) is 11.3 Å². The van der Waals surface area contributed by atoms with E-state index in [0.717, 1.165) is 32.0 Å². The lowest BCUT2D eigenvalue weighted by molar-refractivity contribution is 0.703. The Labute approximate surface area is 119 Å². The monoisotopic (exact) mass is 401 g/mol. The van der Waals surface area contributed by atoms with Crippen molar-refractivity contribution < 1.29 is 0 Å². The standard InChI is InChI=1S/C9H12BrN3S.HI/c10-7-2-5-14-8(7)6-13-9-11-3-1-4-12-9;/h2,5H,1,3-4,6H2,(H2,11,12,13);1H. The van der Waals surface area contributed by atoms with E-state index in [2.05, 4.69) is 43.0 Å². The molecular formula is C9H13BrIN3S. The molecule has 0 bridgehead atoms. The van der Waals surface area contributed by atoms with Crippen LogP contribution in [0.3, 0.4) is 0 Å². The molecule has 0 unspecified atom stereocenters. The minimum absolute atomic E-state index is 0. The Kier molecular flexibility index (Phi) is 5.91. The summed E-state index contributed by atoms with van der Waals surface area (Å²) in [6.07, 6.45) is 1.13. The SMILES string of the molecule is Brc1ccsc1CNC1=NCCCN1.I. The molecule has 2 heterocycles. The number of thiophene rings is 1. The van der Waals surface area contributed by atoms with Crippen LogP contribution in [-0.4, -0.2) is 19.0 Å². The van der Waals surface area contributed by atoms with Crippen LogP contribution >= 0.6 is 51.2 Å². The highest BCUT2D eigenvalue weighted by Gasteiger charge is 2.05. The maximum absolute atomic E-state index is 4.34. The van der Waals surface area contributed by atoms with Gasteiger partial charge in [0.1, 0.15) is 0 Å². The molecule has 2 N–H and O–H groups in total. The Morgan fingerprint density at radius 3 is 3.07 bits per heavy atom. The van der Waals surface area contributed by atoms with Gasteiger partial charge in [-0.05, 0) is 33.8 Å². The number of nitrogens with zero attached hydrogens (tertiary/aromatic N) is 1. The Bertz CT molecular complexity index is 340. The molecule has 1 aromatic rings. The maximum Gasteiger partial charge on any atom is 0.191 e. The van der Waals surface area contributed by atoms with Crippen LogP contribution in [0.1, 0.15) is 11.3 Å². The molecule has 1 aliphatic heterocycles. The van der Waals surface area contributed by atoms with Crippen molar-refractivity contribution in [2.45, 2.75) is 13.0 Å². The Morgan fingerprint density at radius 2 is 2.47 bits per heavy atom. The van der Waals surface area contributed by atoms with Crippen molar-refractivity contribution in [3.8, 4) is 0 Å². The lowest BCUT2D eigenvalue weighted by atomic mass is 10.4. The van der Waals surface area contributed by atoms with Gasteiger partial charge in [-0.25, -0.2) is 0 Å². The van der Waals surface area contributed by atoms with E-state index in [1.165, 1.54) is 9.35 Å². The molecule has 2 rings (SSSR count). The van der Waals surface area contributed by atoms with Crippen LogP contribution in [0.25, 0.3) is 0 Å². The number of guanidine groups is 1. The van der Waals surface area contributed by atoms with Crippen LogP contribution in [0.4, 0.5) is 0 Å². The molecule has 0 saturated carbocycles. The van der Waals surface area contributed by atoms with Gasteiger partial charge in [-0.2, -0.15) is 0 Å². The summed E-state index contributed by atoms with van der Waals surface area (Å²) in [6.45, 7) is 2.79.